The maximum atomic E-state index is 12.5. The van der Waals surface area contributed by atoms with Crippen molar-refractivity contribution in [2.24, 2.45) is 5.10 Å². The Morgan fingerprint density at radius 3 is 2.28 bits per heavy atom. The van der Waals surface area contributed by atoms with Crippen molar-refractivity contribution in [3.05, 3.63) is 96.2 Å². The topological polar surface area (TPSA) is 79.4 Å². The van der Waals surface area contributed by atoms with E-state index in [2.05, 4.69) is 32.9 Å². The first-order chi connectivity index (χ1) is 15.6. The molecule has 1 aromatic heterocycles. The number of benzene rings is 3. The zero-order valence-electron chi connectivity index (χ0n) is 18.0. The average molecular weight is 425 g/mol. The molecule has 0 atom stereocenters. The van der Waals surface area contributed by atoms with Crippen LogP contribution in [0.2, 0.25) is 0 Å². The largest absolute Gasteiger partial charge is 0.494 e. The van der Waals surface area contributed by atoms with Gasteiger partial charge in [0.25, 0.3) is 5.91 Å². The average Bonchev–Trinajstić information content (AvgIpc) is 3.34. The number of ether oxygens (including phenoxy) is 1. The molecule has 0 bridgehead atoms. The predicted molar refractivity (Wildman–Crippen MR) is 127 cm³/mol. The molecule has 0 aliphatic heterocycles. The molecule has 0 unspecified atom stereocenters. The van der Waals surface area contributed by atoms with Crippen molar-refractivity contribution in [1.29, 1.82) is 0 Å². The molecule has 6 nitrogen and oxygen atoms in total. The van der Waals surface area contributed by atoms with Crippen LogP contribution in [0.1, 0.15) is 29.9 Å². The summed E-state index contributed by atoms with van der Waals surface area (Å²) in [5.74, 6) is 0.449. The summed E-state index contributed by atoms with van der Waals surface area (Å²) in [6, 6.07) is 27.5. The van der Waals surface area contributed by atoms with E-state index in [-0.39, 0.29) is 5.91 Å². The molecule has 0 aliphatic rings. The van der Waals surface area contributed by atoms with Gasteiger partial charge in [-0.05, 0) is 60.9 Å². The van der Waals surface area contributed by atoms with Crippen LogP contribution in [0.25, 0.3) is 22.4 Å². The van der Waals surface area contributed by atoms with Gasteiger partial charge in [0.2, 0.25) is 0 Å². The minimum Gasteiger partial charge on any atom is -0.494 e. The number of carbonyl (C=O) groups excluding carboxylic acids is 1. The molecule has 0 saturated carbocycles. The summed E-state index contributed by atoms with van der Waals surface area (Å²) in [7, 11) is 0. The van der Waals surface area contributed by atoms with Crippen LogP contribution in [-0.2, 0) is 0 Å². The highest BCUT2D eigenvalue weighted by Gasteiger charge is 2.11. The van der Waals surface area contributed by atoms with E-state index in [1.165, 1.54) is 0 Å². The summed E-state index contributed by atoms with van der Waals surface area (Å²) in [5.41, 5.74) is 8.42. The Morgan fingerprint density at radius 1 is 0.938 bits per heavy atom. The van der Waals surface area contributed by atoms with Crippen molar-refractivity contribution in [3.63, 3.8) is 0 Å². The van der Waals surface area contributed by atoms with E-state index in [1.54, 1.807) is 6.07 Å². The van der Waals surface area contributed by atoms with Crippen LogP contribution in [0.4, 0.5) is 0 Å². The van der Waals surface area contributed by atoms with Gasteiger partial charge in [-0.25, -0.2) is 5.43 Å². The molecule has 2 N–H and O–H groups in total. The van der Waals surface area contributed by atoms with Crippen LogP contribution < -0.4 is 10.2 Å². The van der Waals surface area contributed by atoms with Crippen molar-refractivity contribution in [3.8, 4) is 28.1 Å². The molecule has 4 aromatic rings. The SMILES string of the molecule is CCOc1ccc(/C(C)=N/NC(=O)c2cc(-c3ccc(-c4ccccc4)cc3)n[nH]2)cc1. The van der Waals surface area contributed by atoms with E-state index < -0.39 is 0 Å². The lowest BCUT2D eigenvalue weighted by Crippen LogP contribution is -2.19. The third-order valence-electron chi connectivity index (χ3n) is 5.02. The second-order valence-electron chi connectivity index (χ2n) is 7.21. The van der Waals surface area contributed by atoms with E-state index in [0.29, 0.717) is 23.7 Å². The Bertz CT molecular complexity index is 1210. The Kier molecular flexibility index (Phi) is 6.41. The van der Waals surface area contributed by atoms with Crippen LogP contribution in [0.5, 0.6) is 5.75 Å². The molecule has 1 heterocycles. The normalized spacial score (nSPS) is 11.2. The first-order valence-corrected chi connectivity index (χ1v) is 10.4. The lowest BCUT2D eigenvalue weighted by Gasteiger charge is -2.05. The summed E-state index contributed by atoms with van der Waals surface area (Å²) < 4.78 is 5.44. The van der Waals surface area contributed by atoms with Crippen molar-refractivity contribution < 1.29 is 9.53 Å². The first-order valence-electron chi connectivity index (χ1n) is 10.4. The van der Waals surface area contributed by atoms with E-state index in [0.717, 1.165) is 28.0 Å². The molecule has 160 valence electrons. The lowest BCUT2D eigenvalue weighted by molar-refractivity contribution is 0.0950. The molecule has 32 heavy (non-hydrogen) atoms. The molecule has 6 heteroatoms. The molecule has 0 saturated heterocycles. The lowest BCUT2D eigenvalue weighted by atomic mass is 10.0. The van der Waals surface area contributed by atoms with Gasteiger partial charge in [0.15, 0.2) is 0 Å². The van der Waals surface area contributed by atoms with Crippen LogP contribution in [0.15, 0.2) is 90.0 Å². The number of nitrogens with one attached hydrogen (secondary N) is 2. The van der Waals surface area contributed by atoms with Gasteiger partial charge in [0, 0.05) is 5.56 Å². The fraction of sp³-hybridized carbons (Fsp3) is 0.115. The number of nitrogens with zero attached hydrogens (tertiary/aromatic N) is 2. The predicted octanol–water partition coefficient (Wildman–Crippen LogP) is 5.30. The van der Waals surface area contributed by atoms with Gasteiger partial charge < -0.3 is 4.74 Å². The summed E-state index contributed by atoms with van der Waals surface area (Å²) in [4.78, 5) is 12.5. The number of rotatable bonds is 7. The summed E-state index contributed by atoms with van der Waals surface area (Å²) in [6.45, 7) is 4.39. The highest BCUT2D eigenvalue weighted by molar-refractivity contribution is 6.00. The van der Waals surface area contributed by atoms with Crippen molar-refractivity contribution in [2.45, 2.75) is 13.8 Å². The Hall–Kier alpha value is -4.19. The number of carbonyl (C=O) groups is 1. The number of H-pyrrole nitrogens is 1. The molecule has 4 rings (SSSR count). The Balaban J connectivity index is 1.41. The van der Waals surface area contributed by atoms with Gasteiger partial charge in [-0.15, -0.1) is 0 Å². The molecule has 0 fully saturated rings. The van der Waals surface area contributed by atoms with Gasteiger partial charge >= 0.3 is 0 Å². The number of aromatic nitrogens is 2. The molecular weight excluding hydrogens is 400 g/mol. The summed E-state index contributed by atoms with van der Waals surface area (Å²) in [5, 5.41) is 11.3. The summed E-state index contributed by atoms with van der Waals surface area (Å²) >= 11 is 0. The van der Waals surface area contributed by atoms with Crippen LogP contribution in [0, 0.1) is 0 Å². The number of hydrogen-bond donors (Lipinski definition) is 2. The monoisotopic (exact) mass is 424 g/mol. The first kappa shape index (κ1) is 21.1. The quantitative estimate of drug-likeness (QED) is 0.312. The van der Waals surface area contributed by atoms with E-state index in [1.807, 2.05) is 80.6 Å². The third-order valence-corrected chi connectivity index (χ3v) is 5.02. The molecule has 0 aliphatic carbocycles. The molecule has 0 radical (unpaired) electrons. The highest BCUT2D eigenvalue weighted by Crippen LogP contribution is 2.24. The van der Waals surface area contributed by atoms with Gasteiger partial charge in [-0.1, -0.05) is 54.6 Å². The van der Waals surface area contributed by atoms with Crippen LogP contribution in [0.3, 0.4) is 0 Å². The Labute approximate surface area is 187 Å². The Morgan fingerprint density at radius 2 is 1.59 bits per heavy atom. The number of aromatic amines is 1. The van der Waals surface area contributed by atoms with Gasteiger partial charge in [0.05, 0.1) is 18.0 Å². The van der Waals surface area contributed by atoms with Crippen LogP contribution >= 0.6 is 0 Å². The zero-order chi connectivity index (χ0) is 22.3. The fourth-order valence-electron chi connectivity index (χ4n) is 3.27. The second kappa shape index (κ2) is 9.75. The number of hydrazone groups is 1. The minimum atomic E-state index is -0.352. The zero-order valence-corrected chi connectivity index (χ0v) is 18.0. The third kappa shape index (κ3) is 4.92. The summed E-state index contributed by atoms with van der Waals surface area (Å²) in [6.07, 6.45) is 0. The van der Waals surface area contributed by atoms with Crippen molar-refractivity contribution >= 4 is 11.6 Å². The van der Waals surface area contributed by atoms with E-state index in [4.69, 9.17) is 4.74 Å². The second-order valence-corrected chi connectivity index (χ2v) is 7.21. The number of hydrogen-bond acceptors (Lipinski definition) is 4. The van der Waals surface area contributed by atoms with Gasteiger partial charge in [0.1, 0.15) is 11.4 Å². The molecule has 0 spiro atoms. The minimum absolute atomic E-state index is 0.343. The highest BCUT2D eigenvalue weighted by atomic mass is 16.5. The fourth-order valence-corrected chi connectivity index (χ4v) is 3.27. The smallest absolute Gasteiger partial charge is 0.289 e. The maximum Gasteiger partial charge on any atom is 0.289 e. The molecular formula is C26H24N4O2. The molecule has 1 amide bonds. The number of amides is 1. The van der Waals surface area contributed by atoms with Gasteiger partial charge in [-0.2, -0.15) is 10.2 Å². The van der Waals surface area contributed by atoms with Crippen molar-refractivity contribution in [2.75, 3.05) is 6.61 Å². The molecule has 3 aromatic carbocycles. The standard InChI is InChI=1S/C26H24N4O2/c1-3-32-23-15-13-19(14-16-23)18(2)27-30-26(31)25-17-24(28-29-25)22-11-9-21(10-12-22)20-7-5-4-6-8-20/h4-17H,3H2,1-2H3,(H,28,29)(H,30,31)/b27-18+. The van der Waals surface area contributed by atoms with Crippen molar-refractivity contribution in [1.82, 2.24) is 15.6 Å². The van der Waals surface area contributed by atoms with E-state index in [9.17, 15) is 4.79 Å². The van der Waals surface area contributed by atoms with Crippen LogP contribution in [-0.4, -0.2) is 28.4 Å². The van der Waals surface area contributed by atoms with E-state index >= 15 is 0 Å². The van der Waals surface area contributed by atoms with Gasteiger partial charge in [-0.3, -0.25) is 9.89 Å². The maximum absolute atomic E-state index is 12.5.